The Kier molecular flexibility index (Phi) is 4.06. The Labute approximate surface area is 89.5 Å². The summed E-state index contributed by atoms with van der Waals surface area (Å²) in [4.78, 5) is 11.4. The van der Waals surface area contributed by atoms with Gasteiger partial charge in [-0.1, -0.05) is 36.4 Å². The van der Waals surface area contributed by atoms with Crippen LogP contribution in [0.1, 0.15) is 11.6 Å². The summed E-state index contributed by atoms with van der Waals surface area (Å²) in [6.07, 6.45) is 1.52. The van der Waals surface area contributed by atoms with Crippen LogP contribution < -0.4 is 5.73 Å². The van der Waals surface area contributed by atoms with Crippen LogP contribution in [0.5, 0.6) is 0 Å². The Morgan fingerprint density at radius 1 is 1.47 bits per heavy atom. The van der Waals surface area contributed by atoms with E-state index < -0.39 is 12.0 Å². The standard InChI is InChI=1S/C12H15NO2/c1-3-10(12(14)15-2)11(13)9-7-5-4-6-8-9/h3-8,10-11H,1,13H2,2H3/t10-,11-/m0/s1. The molecule has 0 heterocycles. The molecule has 0 aliphatic carbocycles. The summed E-state index contributed by atoms with van der Waals surface area (Å²) in [6, 6.07) is 9.02. The highest BCUT2D eigenvalue weighted by Gasteiger charge is 2.24. The van der Waals surface area contributed by atoms with E-state index in [1.165, 1.54) is 13.2 Å². The quantitative estimate of drug-likeness (QED) is 0.600. The number of benzene rings is 1. The number of methoxy groups -OCH3 is 1. The van der Waals surface area contributed by atoms with Gasteiger partial charge in [-0.2, -0.15) is 0 Å². The van der Waals surface area contributed by atoms with Crippen molar-refractivity contribution < 1.29 is 9.53 Å². The lowest BCUT2D eigenvalue weighted by Gasteiger charge is -2.18. The average molecular weight is 205 g/mol. The van der Waals surface area contributed by atoms with E-state index in [-0.39, 0.29) is 5.97 Å². The summed E-state index contributed by atoms with van der Waals surface area (Å²) in [5.74, 6) is -0.862. The molecule has 2 atom stereocenters. The van der Waals surface area contributed by atoms with E-state index in [4.69, 9.17) is 5.73 Å². The number of rotatable bonds is 4. The van der Waals surface area contributed by atoms with E-state index >= 15 is 0 Å². The number of ether oxygens (including phenoxy) is 1. The SMILES string of the molecule is C=C[C@H](C(=O)OC)[C@@H](N)c1ccccc1. The first-order chi connectivity index (χ1) is 7.20. The molecule has 0 spiro atoms. The van der Waals surface area contributed by atoms with Crippen LogP contribution in [0.25, 0.3) is 0 Å². The van der Waals surface area contributed by atoms with Crippen LogP contribution in [0, 0.1) is 5.92 Å². The summed E-state index contributed by atoms with van der Waals surface area (Å²) in [5.41, 5.74) is 6.85. The van der Waals surface area contributed by atoms with Gasteiger partial charge in [0, 0.05) is 6.04 Å². The molecule has 3 nitrogen and oxygen atoms in total. The van der Waals surface area contributed by atoms with E-state index in [9.17, 15) is 4.79 Å². The van der Waals surface area contributed by atoms with Gasteiger partial charge in [-0.25, -0.2) is 0 Å². The number of carbonyl (C=O) groups excluding carboxylic acids is 1. The molecule has 0 radical (unpaired) electrons. The van der Waals surface area contributed by atoms with Crippen molar-refractivity contribution in [1.29, 1.82) is 0 Å². The van der Waals surface area contributed by atoms with E-state index in [0.29, 0.717) is 0 Å². The first kappa shape index (κ1) is 11.5. The van der Waals surface area contributed by atoms with Gasteiger partial charge in [0.15, 0.2) is 0 Å². The van der Waals surface area contributed by atoms with Crippen molar-refractivity contribution in [3.8, 4) is 0 Å². The van der Waals surface area contributed by atoms with E-state index in [1.807, 2.05) is 30.3 Å². The van der Waals surface area contributed by atoms with Crippen LogP contribution in [0.2, 0.25) is 0 Å². The summed E-state index contributed by atoms with van der Waals surface area (Å²) < 4.78 is 4.66. The molecule has 15 heavy (non-hydrogen) atoms. The Balaban J connectivity index is 2.87. The Hall–Kier alpha value is -1.61. The number of esters is 1. The maximum absolute atomic E-state index is 11.4. The first-order valence-electron chi connectivity index (χ1n) is 4.71. The normalized spacial score (nSPS) is 14.0. The molecule has 0 saturated heterocycles. The first-order valence-corrected chi connectivity index (χ1v) is 4.71. The molecule has 0 aromatic heterocycles. The summed E-state index contributed by atoms with van der Waals surface area (Å²) in [7, 11) is 1.34. The minimum Gasteiger partial charge on any atom is -0.469 e. The van der Waals surface area contributed by atoms with E-state index in [0.717, 1.165) is 5.56 Å². The van der Waals surface area contributed by atoms with Crippen molar-refractivity contribution in [2.75, 3.05) is 7.11 Å². The van der Waals surface area contributed by atoms with Gasteiger partial charge >= 0.3 is 5.97 Å². The highest BCUT2D eigenvalue weighted by molar-refractivity contribution is 5.75. The minimum absolute atomic E-state index is 0.360. The maximum atomic E-state index is 11.4. The zero-order valence-electron chi connectivity index (χ0n) is 8.72. The summed E-state index contributed by atoms with van der Waals surface area (Å²) in [5, 5.41) is 0. The van der Waals surface area contributed by atoms with E-state index in [2.05, 4.69) is 11.3 Å². The zero-order valence-corrected chi connectivity index (χ0v) is 8.72. The molecule has 0 aliphatic rings. The molecule has 0 fully saturated rings. The fraction of sp³-hybridized carbons (Fsp3) is 0.250. The van der Waals surface area contributed by atoms with Crippen molar-refractivity contribution >= 4 is 5.97 Å². The Morgan fingerprint density at radius 3 is 2.53 bits per heavy atom. The van der Waals surface area contributed by atoms with E-state index in [1.54, 1.807) is 0 Å². The fourth-order valence-corrected chi connectivity index (χ4v) is 1.41. The smallest absolute Gasteiger partial charge is 0.314 e. The molecule has 0 saturated carbocycles. The van der Waals surface area contributed by atoms with Crippen molar-refractivity contribution in [2.24, 2.45) is 11.7 Å². The summed E-state index contributed by atoms with van der Waals surface area (Å²) in [6.45, 7) is 3.60. The number of hydrogen-bond acceptors (Lipinski definition) is 3. The van der Waals surface area contributed by atoms with Crippen molar-refractivity contribution in [3.05, 3.63) is 48.6 Å². The second-order valence-corrected chi connectivity index (χ2v) is 3.22. The lowest BCUT2D eigenvalue weighted by Crippen LogP contribution is -2.27. The highest BCUT2D eigenvalue weighted by atomic mass is 16.5. The molecule has 0 aliphatic heterocycles. The third kappa shape index (κ3) is 2.67. The molecule has 1 rings (SSSR count). The van der Waals surface area contributed by atoms with Crippen LogP contribution in [-0.2, 0) is 9.53 Å². The monoisotopic (exact) mass is 205 g/mol. The topological polar surface area (TPSA) is 52.3 Å². The lowest BCUT2D eigenvalue weighted by atomic mass is 9.94. The van der Waals surface area contributed by atoms with Crippen molar-refractivity contribution in [1.82, 2.24) is 0 Å². The lowest BCUT2D eigenvalue weighted by molar-refractivity contribution is -0.144. The van der Waals surface area contributed by atoms with Crippen molar-refractivity contribution in [3.63, 3.8) is 0 Å². The Bertz CT molecular complexity index is 335. The molecular formula is C12H15NO2. The van der Waals surface area contributed by atoms with Crippen LogP contribution in [-0.4, -0.2) is 13.1 Å². The molecule has 0 bridgehead atoms. The van der Waals surface area contributed by atoms with Crippen LogP contribution in [0.15, 0.2) is 43.0 Å². The zero-order chi connectivity index (χ0) is 11.3. The maximum Gasteiger partial charge on any atom is 0.314 e. The van der Waals surface area contributed by atoms with Gasteiger partial charge in [0.05, 0.1) is 13.0 Å². The fourth-order valence-electron chi connectivity index (χ4n) is 1.41. The molecule has 0 unspecified atom stereocenters. The second-order valence-electron chi connectivity index (χ2n) is 3.22. The van der Waals surface area contributed by atoms with Crippen molar-refractivity contribution in [2.45, 2.75) is 6.04 Å². The van der Waals surface area contributed by atoms with Gasteiger partial charge in [0.25, 0.3) is 0 Å². The predicted octanol–water partition coefficient (Wildman–Crippen LogP) is 1.66. The molecule has 2 N–H and O–H groups in total. The van der Waals surface area contributed by atoms with Gasteiger partial charge in [-0.15, -0.1) is 6.58 Å². The third-order valence-corrected chi connectivity index (χ3v) is 2.30. The Morgan fingerprint density at radius 2 is 2.07 bits per heavy atom. The molecule has 0 amide bonds. The van der Waals surface area contributed by atoms with Gasteiger partial charge in [0.1, 0.15) is 0 Å². The average Bonchev–Trinajstić information content (AvgIpc) is 2.30. The molecule has 3 heteroatoms. The number of carbonyl (C=O) groups is 1. The number of hydrogen-bond donors (Lipinski definition) is 1. The third-order valence-electron chi connectivity index (χ3n) is 2.30. The molecular weight excluding hydrogens is 190 g/mol. The minimum atomic E-state index is -0.502. The van der Waals surface area contributed by atoms with Crippen LogP contribution in [0.4, 0.5) is 0 Å². The summed E-state index contributed by atoms with van der Waals surface area (Å²) >= 11 is 0. The van der Waals surface area contributed by atoms with Gasteiger partial charge in [-0.3, -0.25) is 4.79 Å². The molecule has 80 valence electrons. The van der Waals surface area contributed by atoms with Gasteiger partial charge in [0.2, 0.25) is 0 Å². The molecule has 1 aromatic rings. The van der Waals surface area contributed by atoms with Gasteiger partial charge < -0.3 is 10.5 Å². The predicted molar refractivity (Wildman–Crippen MR) is 59.1 cm³/mol. The highest BCUT2D eigenvalue weighted by Crippen LogP contribution is 2.21. The van der Waals surface area contributed by atoms with Crippen LogP contribution >= 0.6 is 0 Å². The molecule has 1 aromatic carbocycles. The largest absolute Gasteiger partial charge is 0.469 e. The van der Waals surface area contributed by atoms with Gasteiger partial charge in [-0.05, 0) is 5.56 Å². The van der Waals surface area contributed by atoms with Crippen LogP contribution in [0.3, 0.4) is 0 Å². The second kappa shape index (κ2) is 5.32. The number of nitrogens with two attached hydrogens (primary N) is 1.